The number of carbonyl (C=O) groups is 2. The van der Waals surface area contributed by atoms with Crippen LogP contribution >= 0.6 is 0 Å². The Kier molecular flexibility index (Phi) is 3.66. The van der Waals surface area contributed by atoms with E-state index >= 15 is 0 Å². The number of carboxylic acid groups (broad SMARTS) is 1. The van der Waals surface area contributed by atoms with E-state index in [4.69, 9.17) is 0 Å². The van der Waals surface area contributed by atoms with Gasteiger partial charge in [-0.05, 0) is 66.7 Å². The van der Waals surface area contributed by atoms with E-state index in [1.807, 2.05) is 6.07 Å². The van der Waals surface area contributed by atoms with Gasteiger partial charge in [-0.25, -0.2) is 4.79 Å². The van der Waals surface area contributed by atoms with Crippen LogP contribution in [-0.2, 0) is 11.2 Å². The third kappa shape index (κ3) is 2.43. The second kappa shape index (κ2) is 5.61. The summed E-state index contributed by atoms with van der Waals surface area (Å²) in [5.74, 6) is -0.145. The van der Waals surface area contributed by atoms with Crippen LogP contribution in [0.4, 0.5) is 5.69 Å². The number of fused-ring (bicyclic) bond motifs is 3. The Hall–Kier alpha value is -1.84. The zero-order valence-corrected chi connectivity index (χ0v) is 14.3. The molecule has 1 aromatic rings. The summed E-state index contributed by atoms with van der Waals surface area (Å²) in [6, 6.07) is 4.07. The second-order valence-corrected chi connectivity index (χ2v) is 8.03. The number of benzene rings is 1. The highest BCUT2D eigenvalue weighted by molar-refractivity contribution is 5.95. The maximum Gasteiger partial charge on any atom is 0.337 e. The average Bonchev–Trinajstić information content (AvgIpc) is 3.06. The van der Waals surface area contributed by atoms with E-state index < -0.39 is 5.97 Å². The second-order valence-electron chi connectivity index (χ2n) is 8.03. The predicted octanol–water partition coefficient (Wildman–Crippen LogP) is 3.77. The molecule has 0 bridgehead atoms. The topological polar surface area (TPSA) is 57.6 Å². The van der Waals surface area contributed by atoms with Gasteiger partial charge in [-0.1, -0.05) is 6.92 Å². The van der Waals surface area contributed by atoms with Gasteiger partial charge in [-0.2, -0.15) is 0 Å². The van der Waals surface area contributed by atoms with Gasteiger partial charge in [-0.3, -0.25) is 4.79 Å². The standard InChI is InChI=1S/C20H25NO3/c1-20-7-6-13-10-18(21-8-2-3-9-21)16(19(23)24)11-15(13)17(20)5-4-14(22)12-20/h10-11,17H,2-9,12H2,1H3,(H,23,24). The van der Waals surface area contributed by atoms with Crippen LogP contribution in [-0.4, -0.2) is 29.9 Å². The molecule has 1 aliphatic heterocycles. The third-order valence-electron chi connectivity index (χ3n) is 6.43. The Morgan fingerprint density at radius 2 is 2.00 bits per heavy atom. The minimum absolute atomic E-state index is 0.00721. The number of ketones is 1. The Labute approximate surface area is 142 Å². The molecule has 0 spiro atoms. The van der Waals surface area contributed by atoms with Crippen LogP contribution < -0.4 is 4.90 Å². The SMILES string of the molecule is CC12CCc3cc(N4CCCC4)c(C(=O)O)cc3C1CCC(=O)C2. The van der Waals surface area contributed by atoms with Crippen molar-refractivity contribution in [1.82, 2.24) is 0 Å². The Bertz CT molecular complexity index is 705. The van der Waals surface area contributed by atoms with Crippen LogP contribution in [0.1, 0.15) is 72.9 Å². The van der Waals surface area contributed by atoms with Crippen molar-refractivity contribution in [2.24, 2.45) is 5.41 Å². The van der Waals surface area contributed by atoms with Gasteiger partial charge < -0.3 is 10.0 Å². The smallest absolute Gasteiger partial charge is 0.337 e. The van der Waals surface area contributed by atoms with Gasteiger partial charge in [0.25, 0.3) is 0 Å². The number of aromatic carboxylic acids is 1. The van der Waals surface area contributed by atoms with Gasteiger partial charge in [0.15, 0.2) is 0 Å². The molecule has 4 heteroatoms. The van der Waals surface area contributed by atoms with E-state index in [2.05, 4.69) is 17.9 Å². The van der Waals surface area contributed by atoms with Crippen molar-refractivity contribution in [2.75, 3.05) is 18.0 Å². The first-order valence-electron chi connectivity index (χ1n) is 9.15. The summed E-state index contributed by atoms with van der Waals surface area (Å²) in [6.45, 7) is 4.12. The normalized spacial score (nSPS) is 29.3. The van der Waals surface area contributed by atoms with Crippen LogP contribution in [0.15, 0.2) is 12.1 Å². The maximum atomic E-state index is 11.9. The van der Waals surface area contributed by atoms with E-state index in [9.17, 15) is 14.7 Å². The fraction of sp³-hybridized carbons (Fsp3) is 0.600. The predicted molar refractivity (Wildman–Crippen MR) is 92.9 cm³/mol. The van der Waals surface area contributed by atoms with Gasteiger partial charge in [0.2, 0.25) is 0 Å². The third-order valence-corrected chi connectivity index (χ3v) is 6.43. The number of aryl methyl sites for hydroxylation is 1. The molecular weight excluding hydrogens is 302 g/mol. The summed E-state index contributed by atoms with van der Waals surface area (Å²) in [5, 5.41) is 9.75. The van der Waals surface area contributed by atoms with Gasteiger partial charge in [-0.15, -0.1) is 0 Å². The van der Waals surface area contributed by atoms with E-state index in [1.54, 1.807) is 0 Å². The maximum absolute atomic E-state index is 11.9. The molecule has 4 rings (SSSR count). The van der Waals surface area contributed by atoms with Crippen molar-refractivity contribution in [3.05, 3.63) is 28.8 Å². The van der Waals surface area contributed by atoms with Crippen LogP contribution in [0.2, 0.25) is 0 Å². The van der Waals surface area contributed by atoms with Crippen LogP contribution in [0, 0.1) is 5.41 Å². The van der Waals surface area contributed by atoms with E-state index in [0.29, 0.717) is 30.1 Å². The van der Waals surface area contributed by atoms with Crippen molar-refractivity contribution < 1.29 is 14.7 Å². The highest BCUT2D eigenvalue weighted by Gasteiger charge is 2.44. The number of hydrogen-bond acceptors (Lipinski definition) is 3. The number of rotatable bonds is 2. The lowest BCUT2D eigenvalue weighted by Gasteiger charge is -2.46. The number of anilines is 1. The molecule has 2 aliphatic carbocycles. The molecule has 1 saturated heterocycles. The van der Waals surface area contributed by atoms with Gasteiger partial charge in [0.1, 0.15) is 5.78 Å². The molecule has 1 N–H and O–H groups in total. The summed E-state index contributed by atoms with van der Waals surface area (Å²) in [6.07, 6.45) is 6.41. The molecule has 0 amide bonds. The molecule has 4 nitrogen and oxygen atoms in total. The Balaban J connectivity index is 1.79. The molecule has 0 radical (unpaired) electrons. The molecule has 0 aromatic heterocycles. The highest BCUT2D eigenvalue weighted by Crippen LogP contribution is 2.53. The first-order chi connectivity index (χ1) is 11.5. The lowest BCUT2D eigenvalue weighted by atomic mass is 9.58. The van der Waals surface area contributed by atoms with E-state index in [-0.39, 0.29) is 5.41 Å². The van der Waals surface area contributed by atoms with Crippen molar-refractivity contribution in [3.8, 4) is 0 Å². The van der Waals surface area contributed by atoms with Crippen molar-refractivity contribution in [1.29, 1.82) is 0 Å². The van der Waals surface area contributed by atoms with Crippen LogP contribution in [0.25, 0.3) is 0 Å². The Morgan fingerprint density at radius 1 is 1.25 bits per heavy atom. The summed E-state index contributed by atoms with van der Waals surface area (Å²) in [5.41, 5.74) is 3.84. The number of nitrogens with zero attached hydrogens (tertiary/aromatic N) is 1. The fourth-order valence-corrected chi connectivity index (χ4v) is 5.11. The van der Waals surface area contributed by atoms with Crippen molar-refractivity contribution >= 4 is 17.4 Å². The zero-order valence-electron chi connectivity index (χ0n) is 14.3. The van der Waals surface area contributed by atoms with E-state index in [1.165, 1.54) is 11.1 Å². The minimum Gasteiger partial charge on any atom is -0.478 e. The zero-order chi connectivity index (χ0) is 16.9. The van der Waals surface area contributed by atoms with E-state index in [0.717, 1.165) is 50.9 Å². The molecule has 3 aliphatic rings. The molecule has 1 saturated carbocycles. The molecule has 2 fully saturated rings. The van der Waals surface area contributed by atoms with Gasteiger partial charge in [0.05, 0.1) is 11.3 Å². The summed E-state index contributed by atoms with van der Waals surface area (Å²) < 4.78 is 0. The first kappa shape index (κ1) is 15.7. The molecule has 128 valence electrons. The van der Waals surface area contributed by atoms with Crippen LogP contribution in [0.5, 0.6) is 0 Å². The number of carboxylic acids is 1. The fourth-order valence-electron chi connectivity index (χ4n) is 5.11. The van der Waals surface area contributed by atoms with Gasteiger partial charge in [0, 0.05) is 25.9 Å². The highest BCUT2D eigenvalue weighted by atomic mass is 16.4. The summed E-state index contributed by atoms with van der Waals surface area (Å²) in [7, 11) is 0. The molecule has 2 atom stereocenters. The summed E-state index contributed by atoms with van der Waals surface area (Å²) in [4.78, 5) is 26.0. The molecular formula is C20H25NO3. The number of hydrogen-bond donors (Lipinski definition) is 1. The number of Topliss-reactive ketones (excluding diaryl/α,β-unsaturated/α-hetero) is 1. The quantitative estimate of drug-likeness (QED) is 0.898. The minimum atomic E-state index is -0.834. The molecule has 2 unspecified atom stereocenters. The molecule has 1 aromatic carbocycles. The summed E-state index contributed by atoms with van der Waals surface area (Å²) >= 11 is 0. The first-order valence-corrected chi connectivity index (χ1v) is 9.15. The largest absolute Gasteiger partial charge is 0.478 e. The van der Waals surface area contributed by atoms with Crippen LogP contribution in [0.3, 0.4) is 0 Å². The molecule has 1 heterocycles. The van der Waals surface area contributed by atoms with Crippen molar-refractivity contribution in [2.45, 2.75) is 57.8 Å². The Morgan fingerprint density at radius 3 is 2.71 bits per heavy atom. The number of carbonyl (C=O) groups excluding carboxylic acids is 1. The lowest BCUT2D eigenvalue weighted by Crippen LogP contribution is -2.37. The monoisotopic (exact) mass is 327 g/mol. The van der Waals surface area contributed by atoms with Crippen molar-refractivity contribution in [3.63, 3.8) is 0 Å². The van der Waals surface area contributed by atoms with Gasteiger partial charge >= 0.3 is 5.97 Å². The average molecular weight is 327 g/mol. The lowest BCUT2D eigenvalue weighted by molar-refractivity contribution is -0.124. The molecule has 24 heavy (non-hydrogen) atoms.